The summed E-state index contributed by atoms with van der Waals surface area (Å²) in [5.74, 6) is 0.953. The molecule has 212 valence electrons. The summed E-state index contributed by atoms with van der Waals surface area (Å²) in [5.41, 5.74) is 3.91. The number of aryl methyl sites for hydroxylation is 3. The van der Waals surface area contributed by atoms with E-state index in [0.717, 1.165) is 16.7 Å². The molecule has 40 heavy (non-hydrogen) atoms. The molecule has 1 aromatic carbocycles. The lowest BCUT2D eigenvalue weighted by molar-refractivity contribution is -0.00774. The van der Waals surface area contributed by atoms with E-state index >= 15 is 0 Å². The first-order valence-corrected chi connectivity index (χ1v) is 14.5. The van der Waals surface area contributed by atoms with E-state index in [1.54, 1.807) is 56.4 Å². The van der Waals surface area contributed by atoms with Crippen molar-refractivity contribution >= 4 is 9.84 Å². The second kappa shape index (κ2) is 12.2. The highest BCUT2D eigenvalue weighted by molar-refractivity contribution is 7.91. The lowest BCUT2D eigenvalue weighted by Gasteiger charge is -2.24. The molecule has 0 fully saturated rings. The van der Waals surface area contributed by atoms with E-state index in [0.29, 0.717) is 22.8 Å². The van der Waals surface area contributed by atoms with E-state index in [2.05, 4.69) is 25.1 Å². The van der Waals surface area contributed by atoms with Gasteiger partial charge in [-0.3, -0.25) is 9.55 Å². The van der Waals surface area contributed by atoms with Crippen molar-refractivity contribution in [2.45, 2.75) is 57.8 Å². The molecule has 11 nitrogen and oxygen atoms in total. The molecule has 3 atom stereocenters. The summed E-state index contributed by atoms with van der Waals surface area (Å²) in [4.78, 5) is 12.9. The molecule has 4 aromatic rings. The largest absolute Gasteiger partial charge is 0.495 e. The van der Waals surface area contributed by atoms with Crippen molar-refractivity contribution in [1.29, 1.82) is 0 Å². The molecule has 0 bridgehead atoms. The van der Waals surface area contributed by atoms with Gasteiger partial charge in [-0.2, -0.15) is 0 Å². The van der Waals surface area contributed by atoms with E-state index in [9.17, 15) is 13.5 Å². The second-order valence-electron chi connectivity index (χ2n) is 9.89. The number of methoxy groups -OCH3 is 1. The molecule has 4 rings (SSSR count). The third-order valence-electron chi connectivity index (χ3n) is 6.40. The highest BCUT2D eigenvalue weighted by atomic mass is 32.2. The van der Waals surface area contributed by atoms with Gasteiger partial charge in [0.15, 0.2) is 27.3 Å². The number of aliphatic hydroxyl groups is 1. The van der Waals surface area contributed by atoms with Crippen molar-refractivity contribution < 1.29 is 23.0 Å². The average molecular weight is 567 g/mol. The Bertz CT molecular complexity index is 1570. The average Bonchev–Trinajstić information content (AvgIpc) is 3.31. The predicted molar refractivity (Wildman–Crippen MR) is 150 cm³/mol. The molecular weight excluding hydrogens is 532 g/mol. The van der Waals surface area contributed by atoms with E-state index in [1.807, 2.05) is 39.0 Å². The molecule has 0 spiro atoms. The molecule has 1 N–H and O–H groups in total. The number of nitrogens with zero attached hydrogens (tertiary/aromatic N) is 6. The quantitative estimate of drug-likeness (QED) is 0.287. The van der Waals surface area contributed by atoms with Crippen molar-refractivity contribution in [3.63, 3.8) is 0 Å². The van der Waals surface area contributed by atoms with Gasteiger partial charge < -0.3 is 14.6 Å². The third kappa shape index (κ3) is 6.35. The van der Waals surface area contributed by atoms with Gasteiger partial charge in [-0.25, -0.2) is 18.4 Å². The van der Waals surface area contributed by atoms with Crippen LogP contribution in [0.2, 0.25) is 0 Å². The molecule has 0 saturated heterocycles. The van der Waals surface area contributed by atoms with Crippen molar-refractivity contribution in [2.75, 3.05) is 13.7 Å². The van der Waals surface area contributed by atoms with Crippen molar-refractivity contribution in [1.82, 2.24) is 29.7 Å². The summed E-state index contributed by atoms with van der Waals surface area (Å²) in [7, 11) is -2.37. The zero-order chi connectivity index (χ0) is 29.0. The Morgan fingerprint density at radius 1 is 1.00 bits per heavy atom. The monoisotopic (exact) mass is 566 g/mol. The van der Waals surface area contributed by atoms with E-state index < -0.39 is 33.0 Å². The normalized spacial score (nSPS) is 14.1. The van der Waals surface area contributed by atoms with Gasteiger partial charge in [0.05, 0.1) is 30.8 Å². The lowest BCUT2D eigenvalue weighted by atomic mass is 10.1. The van der Waals surface area contributed by atoms with Gasteiger partial charge >= 0.3 is 0 Å². The van der Waals surface area contributed by atoms with Gasteiger partial charge in [0.25, 0.3) is 0 Å². The highest BCUT2D eigenvalue weighted by Crippen LogP contribution is 2.33. The molecule has 0 aliphatic rings. The zero-order valence-corrected chi connectivity index (χ0v) is 24.3. The molecule has 12 heteroatoms. The number of aliphatic hydroxyl groups excluding tert-OH is 1. The Kier molecular flexibility index (Phi) is 8.92. The first-order valence-electron chi connectivity index (χ1n) is 12.8. The summed E-state index contributed by atoms with van der Waals surface area (Å²) in [6.07, 6.45) is 4.78. The Hall–Kier alpha value is -3.74. The fourth-order valence-electron chi connectivity index (χ4n) is 4.30. The second-order valence-corrected chi connectivity index (χ2v) is 12.2. The molecule has 3 aromatic heterocycles. The number of para-hydroxylation sites is 1. The summed E-state index contributed by atoms with van der Waals surface area (Å²) in [6.45, 7) is 8.69. The van der Waals surface area contributed by atoms with E-state index in [-0.39, 0.29) is 18.3 Å². The molecule has 0 aliphatic carbocycles. The van der Waals surface area contributed by atoms with Crippen molar-refractivity contribution in [2.24, 2.45) is 0 Å². The fourth-order valence-corrected chi connectivity index (χ4v) is 5.69. The van der Waals surface area contributed by atoms with Crippen molar-refractivity contribution in [3.05, 3.63) is 77.4 Å². The van der Waals surface area contributed by atoms with Crippen molar-refractivity contribution in [3.8, 4) is 22.8 Å². The van der Waals surface area contributed by atoms with E-state index in [1.165, 1.54) is 0 Å². The molecule has 0 unspecified atom stereocenters. The number of benzene rings is 1. The highest BCUT2D eigenvalue weighted by Gasteiger charge is 2.36. The SMILES string of the molecule is COc1cccc(C)c1-n1c(CS(=O)(=O)[C@H](C)[C@@H](OC[C@H](C)O)c2ncc(C)cn2)nnc1-c1cncc(C)c1. The Morgan fingerprint density at radius 3 is 2.38 bits per heavy atom. The smallest absolute Gasteiger partial charge is 0.170 e. The van der Waals surface area contributed by atoms with Gasteiger partial charge in [0.2, 0.25) is 0 Å². The lowest BCUT2D eigenvalue weighted by Crippen LogP contribution is -2.32. The standard InChI is InChI=1S/C28H34N6O5S/c1-17-10-22(14-29-11-17)28-33-32-24(34(28)25-19(3)8-7-9-23(25)38-6)16-40(36,37)21(5)26(39-15-20(4)35)27-30-12-18(2)13-31-27/h7-14,20-21,26,35H,15-16H2,1-6H3/t20-,21+,26+/m0/s1. The van der Waals surface area contributed by atoms with Crippen LogP contribution < -0.4 is 4.74 Å². The molecule has 0 radical (unpaired) electrons. The van der Waals surface area contributed by atoms with Crippen LogP contribution in [0.4, 0.5) is 0 Å². The summed E-state index contributed by atoms with van der Waals surface area (Å²) in [5, 5.41) is 17.5. The van der Waals surface area contributed by atoms with Crippen LogP contribution in [0.25, 0.3) is 17.1 Å². The molecule has 3 heterocycles. The van der Waals surface area contributed by atoms with Gasteiger partial charge in [0, 0.05) is 30.4 Å². The Balaban J connectivity index is 1.81. The number of aromatic nitrogens is 6. The number of hydrogen-bond donors (Lipinski definition) is 1. The van der Waals surface area contributed by atoms with Crippen LogP contribution in [0.3, 0.4) is 0 Å². The van der Waals surface area contributed by atoms with Crippen LogP contribution in [0, 0.1) is 20.8 Å². The first kappa shape index (κ1) is 29.2. The Labute approximate surface area is 234 Å². The summed E-state index contributed by atoms with van der Waals surface area (Å²) in [6, 6.07) is 7.48. The molecular formula is C28H34N6O5S. The number of pyridine rings is 1. The van der Waals surface area contributed by atoms with Crippen LogP contribution in [-0.2, 0) is 20.3 Å². The zero-order valence-electron chi connectivity index (χ0n) is 23.4. The Morgan fingerprint density at radius 2 is 1.73 bits per heavy atom. The maximum absolute atomic E-state index is 13.9. The molecule has 0 saturated carbocycles. The number of rotatable bonds is 11. The summed E-state index contributed by atoms with van der Waals surface area (Å²) < 4.78 is 41.1. The van der Waals surface area contributed by atoms with Gasteiger partial charge in [-0.1, -0.05) is 12.1 Å². The number of ether oxygens (including phenoxy) is 2. The van der Waals surface area contributed by atoms with Gasteiger partial charge in [0.1, 0.15) is 17.6 Å². The predicted octanol–water partition coefficient (Wildman–Crippen LogP) is 3.50. The minimum absolute atomic E-state index is 0.0805. The van der Waals surface area contributed by atoms with Crippen LogP contribution >= 0.6 is 0 Å². The number of sulfone groups is 1. The first-order chi connectivity index (χ1) is 19.0. The topological polar surface area (TPSA) is 142 Å². The molecule has 0 amide bonds. The third-order valence-corrected chi connectivity index (χ3v) is 8.44. The van der Waals surface area contributed by atoms with Crippen LogP contribution in [0.5, 0.6) is 5.75 Å². The summed E-state index contributed by atoms with van der Waals surface area (Å²) >= 11 is 0. The molecule has 0 aliphatic heterocycles. The van der Waals surface area contributed by atoms with Gasteiger partial charge in [-0.05, 0) is 63.4 Å². The van der Waals surface area contributed by atoms with Crippen LogP contribution in [0.1, 0.15) is 48.3 Å². The maximum atomic E-state index is 13.9. The fraction of sp³-hybridized carbons (Fsp3) is 0.393. The van der Waals surface area contributed by atoms with Crippen LogP contribution in [-0.4, -0.2) is 68.3 Å². The minimum atomic E-state index is -3.93. The van der Waals surface area contributed by atoms with Gasteiger partial charge in [-0.15, -0.1) is 10.2 Å². The maximum Gasteiger partial charge on any atom is 0.170 e. The minimum Gasteiger partial charge on any atom is -0.495 e. The van der Waals surface area contributed by atoms with E-state index in [4.69, 9.17) is 9.47 Å². The number of hydrogen-bond acceptors (Lipinski definition) is 10. The van der Waals surface area contributed by atoms with Crippen LogP contribution in [0.15, 0.2) is 49.1 Å².